The summed E-state index contributed by atoms with van der Waals surface area (Å²) in [6.07, 6.45) is 1.90. The van der Waals surface area contributed by atoms with Crippen LogP contribution in [0.15, 0.2) is 39.3 Å². The Morgan fingerprint density at radius 3 is 3.00 bits per heavy atom. The standard InChI is InChI=1S/C14H12N2O3/c1-2-5-10-9(4-1)8-12(18-10)13-15-14(19-16-13)11-6-3-7-17-11/h1-2,4-5,8,11H,3,6-7H2. The summed E-state index contributed by atoms with van der Waals surface area (Å²) in [5.41, 5.74) is 0.820. The van der Waals surface area contributed by atoms with Crippen molar-refractivity contribution < 1.29 is 13.7 Å². The number of ether oxygens (including phenoxy) is 1. The molecule has 0 radical (unpaired) electrons. The number of furan rings is 1. The van der Waals surface area contributed by atoms with Gasteiger partial charge in [-0.2, -0.15) is 4.98 Å². The van der Waals surface area contributed by atoms with Crippen molar-refractivity contribution in [3.05, 3.63) is 36.2 Å². The second-order valence-electron chi connectivity index (χ2n) is 4.61. The number of para-hydroxylation sites is 1. The maximum Gasteiger partial charge on any atom is 0.256 e. The molecular formula is C14H12N2O3. The largest absolute Gasteiger partial charge is 0.453 e. The maximum atomic E-state index is 5.70. The molecular weight excluding hydrogens is 244 g/mol. The molecule has 1 unspecified atom stereocenters. The number of rotatable bonds is 2. The van der Waals surface area contributed by atoms with Crippen LogP contribution in [0.25, 0.3) is 22.6 Å². The lowest BCUT2D eigenvalue weighted by atomic mass is 10.2. The lowest BCUT2D eigenvalue weighted by molar-refractivity contribution is 0.0835. The Hall–Kier alpha value is -2.14. The third kappa shape index (κ3) is 1.82. The lowest BCUT2D eigenvalue weighted by Crippen LogP contribution is -1.95. The minimum atomic E-state index is -0.0642. The fraction of sp³-hybridized carbons (Fsp3) is 0.286. The Morgan fingerprint density at radius 1 is 1.21 bits per heavy atom. The lowest BCUT2D eigenvalue weighted by Gasteiger charge is -2.00. The molecule has 0 saturated carbocycles. The van der Waals surface area contributed by atoms with E-state index in [9.17, 15) is 0 Å². The molecule has 1 aliphatic heterocycles. The van der Waals surface area contributed by atoms with Crippen LogP contribution in [0.1, 0.15) is 24.8 Å². The van der Waals surface area contributed by atoms with Crippen LogP contribution in [-0.4, -0.2) is 16.7 Å². The predicted octanol–water partition coefficient (Wildman–Crippen LogP) is 3.33. The summed E-state index contributed by atoms with van der Waals surface area (Å²) in [6.45, 7) is 0.757. The first-order valence-corrected chi connectivity index (χ1v) is 6.34. The minimum absolute atomic E-state index is 0.0642. The third-order valence-electron chi connectivity index (χ3n) is 3.29. The molecule has 3 aromatic rings. The van der Waals surface area contributed by atoms with Crippen LogP contribution < -0.4 is 0 Å². The minimum Gasteiger partial charge on any atom is -0.453 e. The van der Waals surface area contributed by atoms with Crippen molar-refractivity contribution in [1.29, 1.82) is 0 Å². The van der Waals surface area contributed by atoms with Gasteiger partial charge in [0.15, 0.2) is 5.76 Å². The van der Waals surface area contributed by atoms with Crippen LogP contribution in [0, 0.1) is 0 Å². The molecule has 0 bridgehead atoms. The molecule has 5 nitrogen and oxygen atoms in total. The van der Waals surface area contributed by atoms with Gasteiger partial charge in [-0.15, -0.1) is 0 Å². The molecule has 0 amide bonds. The van der Waals surface area contributed by atoms with Gasteiger partial charge >= 0.3 is 0 Å². The van der Waals surface area contributed by atoms with Crippen LogP contribution in [0.2, 0.25) is 0 Å². The molecule has 1 aliphatic rings. The second-order valence-corrected chi connectivity index (χ2v) is 4.61. The maximum absolute atomic E-state index is 5.70. The summed E-state index contributed by atoms with van der Waals surface area (Å²) in [6, 6.07) is 9.72. The molecule has 19 heavy (non-hydrogen) atoms. The Kier molecular flexibility index (Phi) is 2.38. The van der Waals surface area contributed by atoms with Gasteiger partial charge in [0.2, 0.25) is 5.82 Å². The summed E-state index contributed by atoms with van der Waals surface area (Å²) in [7, 11) is 0. The highest BCUT2D eigenvalue weighted by atomic mass is 16.5. The number of hydrogen-bond acceptors (Lipinski definition) is 5. The SMILES string of the molecule is c1ccc2oc(-c3noc(C4CCCO4)n3)cc2c1. The summed E-state index contributed by atoms with van der Waals surface area (Å²) in [5, 5.41) is 5.00. The van der Waals surface area contributed by atoms with Gasteiger partial charge in [-0.3, -0.25) is 0 Å². The van der Waals surface area contributed by atoms with E-state index in [1.165, 1.54) is 0 Å². The van der Waals surface area contributed by atoms with Gasteiger partial charge in [0, 0.05) is 12.0 Å². The normalized spacial score (nSPS) is 19.3. The van der Waals surface area contributed by atoms with E-state index in [0.29, 0.717) is 17.5 Å². The van der Waals surface area contributed by atoms with Crippen molar-refractivity contribution in [3.8, 4) is 11.6 Å². The van der Waals surface area contributed by atoms with Crippen molar-refractivity contribution in [2.45, 2.75) is 18.9 Å². The highest BCUT2D eigenvalue weighted by Crippen LogP contribution is 2.30. The summed E-state index contributed by atoms with van der Waals surface area (Å²) >= 11 is 0. The second kappa shape index (κ2) is 4.20. The van der Waals surface area contributed by atoms with Crippen LogP contribution in [0.4, 0.5) is 0 Å². The average Bonchev–Trinajstić information content (AvgIpc) is 3.17. The van der Waals surface area contributed by atoms with Gasteiger partial charge in [0.1, 0.15) is 11.7 Å². The Morgan fingerprint density at radius 2 is 2.16 bits per heavy atom. The average molecular weight is 256 g/mol. The number of hydrogen-bond donors (Lipinski definition) is 0. The summed E-state index contributed by atoms with van der Waals surface area (Å²) in [5.74, 6) is 1.63. The Labute approximate surface area is 109 Å². The number of benzene rings is 1. The van der Waals surface area contributed by atoms with Gasteiger partial charge in [-0.05, 0) is 25.0 Å². The zero-order chi connectivity index (χ0) is 12.7. The van der Waals surface area contributed by atoms with Gasteiger partial charge in [-0.1, -0.05) is 23.4 Å². The smallest absolute Gasteiger partial charge is 0.256 e. The molecule has 0 spiro atoms. The molecule has 4 rings (SSSR count). The molecule has 5 heteroatoms. The molecule has 3 heterocycles. The van der Waals surface area contributed by atoms with Gasteiger partial charge < -0.3 is 13.7 Å². The van der Waals surface area contributed by atoms with E-state index < -0.39 is 0 Å². The van der Waals surface area contributed by atoms with E-state index in [0.717, 1.165) is 30.4 Å². The predicted molar refractivity (Wildman–Crippen MR) is 67.4 cm³/mol. The monoisotopic (exact) mass is 256 g/mol. The molecule has 1 saturated heterocycles. The van der Waals surface area contributed by atoms with Crippen molar-refractivity contribution >= 4 is 11.0 Å². The first-order chi connectivity index (χ1) is 9.40. The molecule has 1 aromatic carbocycles. The molecule has 96 valence electrons. The summed E-state index contributed by atoms with van der Waals surface area (Å²) in [4.78, 5) is 4.36. The molecule has 1 fully saturated rings. The quantitative estimate of drug-likeness (QED) is 0.703. The van der Waals surface area contributed by atoms with E-state index in [-0.39, 0.29) is 6.10 Å². The number of fused-ring (bicyclic) bond motifs is 1. The first kappa shape index (κ1) is 10.8. The Bertz CT molecular complexity index is 677. The number of aromatic nitrogens is 2. The Balaban J connectivity index is 1.71. The molecule has 2 aromatic heterocycles. The van der Waals surface area contributed by atoms with Gasteiger partial charge in [0.05, 0.1) is 0 Å². The molecule has 0 aliphatic carbocycles. The van der Waals surface area contributed by atoms with E-state index in [4.69, 9.17) is 13.7 Å². The van der Waals surface area contributed by atoms with Crippen LogP contribution in [0.5, 0.6) is 0 Å². The highest BCUT2D eigenvalue weighted by molar-refractivity contribution is 5.81. The fourth-order valence-corrected chi connectivity index (χ4v) is 2.33. The third-order valence-corrected chi connectivity index (χ3v) is 3.29. The van der Waals surface area contributed by atoms with Crippen LogP contribution in [0.3, 0.4) is 0 Å². The molecule has 1 atom stereocenters. The van der Waals surface area contributed by atoms with E-state index >= 15 is 0 Å². The van der Waals surface area contributed by atoms with Crippen LogP contribution >= 0.6 is 0 Å². The van der Waals surface area contributed by atoms with Crippen molar-refractivity contribution in [2.75, 3.05) is 6.61 Å². The van der Waals surface area contributed by atoms with Crippen molar-refractivity contribution in [3.63, 3.8) is 0 Å². The van der Waals surface area contributed by atoms with Gasteiger partial charge in [0.25, 0.3) is 5.89 Å². The van der Waals surface area contributed by atoms with E-state index in [1.807, 2.05) is 30.3 Å². The van der Waals surface area contributed by atoms with E-state index in [2.05, 4.69) is 10.1 Å². The zero-order valence-corrected chi connectivity index (χ0v) is 10.2. The van der Waals surface area contributed by atoms with Gasteiger partial charge in [-0.25, -0.2) is 0 Å². The van der Waals surface area contributed by atoms with Crippen molar-refractivity contribution in [1.82, 2.24) is 10.1 Å². The number of nitrogens with zero attached hydrogens (tertiary/aromatic N) is 2. The van der Waals surface area contributed by atoms with Crippen molar-refractivity contribution in [2.24, 2.45) is 0 Å². The van der Waals surface area contributed by atoms with E-state index in [1.54, 1.807) is 0 Å². The van der Waals surface area contributed by atoms with Crippen LogP contribution in [-0.2, 0) is 4.74 Å². The fourth-order valence-electron chi connectivity index (χ4n) is 2.33. The summed E-state index contributed by atoms with van der Waals surface area (Å²) < 4.78 is 16.5. The first-order valence-electron chi connectivity index (χ1n) is 6.34. The molecule has 0 N–H and O–H groups in total. The topological polar surface area (TPSA) is 61.3 Å². The zero-order valence-electron chi connectivity index (χ0n) is 10.2. The highest BCUT2D eigenvalue weighted by Gasteiger charge is 2.24.